The normalized spacial score (nSPS) is 12.5. The number of hydrogen-bond acceptors (Lipinski definition) is 4. The standard InChI is InChI=1S/C18H21ClN2O4S/c1-21(11-13-10-14(19)8-9-16(13)25-2)12-18(22)20-15-6-4-5-7-17(15)26(3,23)24/h4-10H,11-12H2,1-3H3,(H,20,22)/p+1. The molecule has 0 fully saturated rings. The lowest BCUT2D eigenvalue weighted by atomic mass is 10.2. The molecule has 0 bridgehead atoms. The van der Waals surface area contributed by atoms with Crippen LogP contribution in [0.1, 0.15) is 5.56 Å². The summed E-state index contributed by atoms with van der Waals surface area (Å²) in [5, 5.41) is 3.27. The van der Waals surface area contributed by atoms with Crippen molar-refractivity contribution < 1.29 is 22.8 Å². The average molecular weight is 398 g/mol. The Morgan fingerprint density at radius 1 is 1.23 bits per heavy atom. The van der Waals surface area contributed by atoms with Crippen molar-refractivity contribution in [3.8, 4) is 5.75 Å². The largest absolute Gasteiger partial charge is 0.496 e. The van der Waals surface area contributed by atoms with Gasteiger partial charge in [-0.3, -0.25) is 4.79 Å². The summed E-state index contributed by atoms with van der Waals surface area (Å²) in [6.45, 7) is 0.693. The highest BCUT2D eigenvalue weighted by Gasteiger charge is 2.17. The number of rotatable bonds is 7. The van der Waals surface area contributed by atoms with E-state index in [9.17, 15) is 13.2 Å². The summed E-state index contributed by atoms with van der Waals surface area (Å²) in [6, 6.07) is 11.7. The van der Waals surface area contributed by atoms with E-state index in [1.54, 1.807) is 43.5 Å². The first-order chi connectivity index (χ1) is 12.2. The van der Waals surface area contributed by atoms with Crippen LogP contribution in [-0.2, 0) is 21.2 Å². The predicted molar refractivity (Wildman–Crippen MR) is 102 cm³/mol. The SMILES string of the molecule is COc1ccc(Cl)cc1C[NH+](C)CC(=O)Nc1ccccc1S(C)(=O)=O. The minimum Gasteiger partial charge on any atom is -0.496 e. The lowest BCUT2D eigenvalue weighted by Crippen LogP contribution is -3.08. The smallest absolute Gasteiger partial charge is 0.279 e. The molecule has 1 amide bonds. The fourth-order valence-electron chi connectivity index (χ4n) is 2.63. The number of sulfone groups is 1. The second-order valence-electron chi connectivity index (χ2n) is 6.08. The van der Waals surface area contributed by atoms with Crippen LogP contribution in [0.3, 0.4) is 0 Å². The van der Waals surface area contributed by atoms with E-state index in [-0.39, 0.29) is 23.0 Å². The quantitative estimate of drug-likeness (QED) is 0.740. The molecule has 26 heavy (non-hydrogen) atoms. The van der Waals surface area contributed by atoms with Gasteiger partial charge in [0, 0.05) is 16.8 Å². The number of ether oxygens (including phenoxy) is 1. The number of amides is 1. The van der Waals surface area contributed by atoms with E-state index in [0.717, 1.165) is 16.7 Å². The van der Waals surface area contributed by atoms with Crippen molar-refractivity contribution in [2.75, 3.05) is 32.3 Å². The highest BCUT2D eigenvalue weighted by Crippen LogP contribution is 2.22. The number of benzene rings is 2. The van der Waals surface area contributed by atoms with Crippen LogP contribution >= 0.6 is 11.6 Å². The third-order valence-corrected chi connectivity index (χ3v) is 5.15. The summed E-state index contributed by atoms with van der Waals surface area (Å²) >= 11 is 6.03. The molecule has 2 aromatic rings. The fraction of sp³-hybridized carbons (Fsp3) is 0.278. The number of nitrogens with one attached hydrogen (secondary N) is 2. The van der Waals surface area contributed by atoms with Crippen LogP contribution in [0.15, 0.2) is 47.4 Å². The fourth-order valence-corrected chi connectivity index (χ4v) is 3.67. The van der Waals surface area contributed by atoms with Crippen LogP contribution in [0.2, 0.25) is 5.02 Å². The molecule has 0 radical (unpaired) electrons. The van der Waals surface area contributed by atoms with Crippen LogP contribution in [0.25, 0.3) is 0 Å². The number of anilines is 1. The number of halogens is 1. The second kappa shape index (κ2) is 8.53. The van der Waals surface area contributed by atoms with Crippen molar-refractivity contribution in [1.29, 1.82) is 0 Å². The van der Waals surface area contributed by atoms with Gasteiger partial charge in [-0.05, 0) is 30.3 Å². The van der Waals surface area contributed by atoms with Crippen molar-refractivity contribution in [2.45, 2.75) is 11.4 Å². The summed E-state index contributed by atoms with van der Waals surface area (Å²) < 4.78 is 29.0. The summed E-state index contributed by atoms with van der Waals surface area (Å²) in [7, 11) is 0.0211. The van der Waals surface area contributed by atoms with E-state index in [1.165, 1.54) is 6.07 Å². The molecule has 2 rings (SSSR count). The number of para-hydroxylation sites is 1. The number of hydrogen-bond donors (Lipinski definition) is 2. The summed E-state index contributed by atoms with van der Waals surface area (Å²) in [5.41, 5.74) is 1.18. The first-order valence-electron chi connectivity index (χ1n) is 7.93. The van der Waals surface area contributed by atoms with Gasteiger partial charge in [-0.1, -0.05) is 23.7 Å². The van der Waals surface area contributed by atoms with Crippen molar-refractivity contribution in [3.63, 3.8) is 0 Å². The van der Waals surface area contributed by atoms with Gasteiger partial charge in [0.15, 0.2) is 16.4 Å². The molecule has 0 saturated heterocycles. The van der Waals surface area contributed by atoms with Crippen molar-refractivity contribution in [1.82, 2.24) is 0 Å². The molecule has 1 unspecified atom stereocenters. The minimum atomic E-state index is -3.42. The number of methoxy groups -OCH3 is 1. The zero-order valence-electron chi connectivity index (χ0n) is 14.9. The summed E-state index contributed by atoms with van der Waals surface area (Å²) in [6.07, 6.45) is 1.11. The van der Waals surface area contributed by atoms with Crippen molar-refractivity contribution >= 4 is 33.0 Å². The van der Waals surface area contributed by atoms with Gasteiger partial charge < -0.3 is 15.0 Å². The molecular formula is C18H22ClN2O4S+. The average Bonchev–Trinajstić information content (AvgIpc) is 2.54. The minimum absolute atomic E-state index is 0.0995. The van der Waals surface area contributed by atoms with E-state index in [4.69, 9.17) is 16.3 Å². The molecule has 0 spiro atoms. The van der Waals surface area contributed by atoms with Crippen molar-refractivity contribution in [3.05, 3.63) is 53.1 Å². The van der Waals surface area contributed by atoms with Gasteiger partial charge >= 0.3 is 0 Å². The van der Waals surface area contributed by atoms with Crippen LogP contribution in [0, 0.1) is 0 Å². The molecular weight excluding hydrogens is 376 g/mol. The third-order valence-electron chi connectivity index (χ3n) is 3.76. The summed E-state index contributed by atoms with van der Waals surface area (Å²) in [4.78, 5) is 13.3. The zero-order valence-corrected chi connectivity index (χ0v) is 16.4. The van der Waals surface area contributed by atoms with E-state index < -0.39 is 9.84 Å². The molecule has 0 aliphatic carbocycles. The zero-order chi connectivity index (χ0) is 19.3. The van der Waals surface area contributed by atoms with Gasteiger partial charge in [0.25, 0.3) is 5.91 Å². The Kier molecular flexibility index (Phi) is 6.63. The number of carbonyl (C=O) groups is 1. The van der Waals surface area contributed by atoms with E-state index in [0.29, 0.717) is 17.3 Å². The Labute approximate surface area is 158 Å². The van der Waals surface area contributed by atoms with Gasteiger partial charge in [-0.2, -0.15) is 0 Å². The molecule has 8 heteroatoms. The molecule has 2 aromatic carbocycles. The van der Waals surface area contributed by atoms with Gasteiger partial charge in [0.05, 0.1) is 24.7 Å². The lowest BCUT2D eigenvalue weighted by molar-refractivity contribution is -0.885. The maximum Gasteiger partial charge on any atom is 0.279 e. The Hall–Kier alpha value is -2.09. The van der Waals surface area contributed by atoms with E-state index in [2.05, 4.69) is 5.32 Å². The van der Waals surface area contributed by atoms with Gasteiger partial charge in [0.1, 0.15) is 12.3 Å². The predicted octanol–water partition coefficient (Wildman–Crippen LogP) is 1.41. The Balaban J connectivity index is 2.06. The number of likely N-dealkylation sites (N-methyl/N-ethyl adjacent to an activating group) is 1. The maximum atomic E-state index is 12.3. The monoisotopic (exact) mass is 397 g/mol. The molecule has 1 atom stereocenters. The Bertz CT molecular complexity index is 900. The highest BCUT2D eigenvalue weighted by molar-refractivity contribution is 7.90. The molecule has 0 aromatic heterocycles. The molecule has 140 valence electrons. The Morgan fingerprint density at radius 2 is 1.92 bits per heavy atom. The summed E-state index contributed by atoms with van der Waals surface area (Å²) in [5.74, 6) is 0.427. The highest BCUT2D eigenvalue weighted by atomic mass is 35.5. The Morgan fingerprint density at radius 3 is 2.58 bits per heavy atom. The van der Waals surface area contributed by atoms with Crippen LogP contribution in [0.5, 0.6) is 5.75 Å². The molecule has 0 heterocycles. The van der Waals surface area contributed by atoms with Crippen LogP contribution in [0.4, 0.5) is 5.69 Å². The molecule has 0 aliphatic rings. The molecule has 2 N–H and O–H groups in total. The molecule has 0 aliphatic heterocycles. The first-order valence-corrected chi connectivity index (χ1v) is 10.2. The second-order valence-corrected chi connectivity index (χ2v) is 8.50. The maximum absolute atomic E-state index is 12.3. The molecule has 6 nitrogen and oxygen atoms in total. The van der Waals surface area contributed by atoms with Crippen LogP contribution in [-0.4, -0.2) is 41.3 Å². The van der Waals surface area contributed by atoms with Gasteiger partial charge in [-0.25, -0.2) is 8.42 Å². The molecule has 0 saturated carbocycles. The van der Waals surface area contributed by atoms with Gasteiger partial charge in [-0.15, -0.1) is 0 Å². The number of carbonyl (C=O) groups excluding carboxylic acids is 1. The van der Waals surface area contributed by atoms with Crippen molar-refractivity contribution in [2.24, 2.45) is 0 Å². The van der Waals surface area contributed by atoms with E-state index >= 15 is 0 Å². The third kappa shape index (κ3) is 5.45. The van der Waals surface area contributed by atoms with Crippen LogP contribution < -0.4 is 15.0 Å². The lowest BCUT2D eigenvalue weighted by Gasteiger charge is -2.16. The van der Waals surface area contributed by atoms with E-state index in [1.807, 2.05) is 7.05 Å². The number of quaternary nitrogens is 1. The first kappa shape index (κ1) is 20.2. The topological polar surface area (TPSA) is 76.9 Å². The van der Waals surface area contributed by atoms with Gasteiger partial charge in [0.2, 0.25) is 0 Å².